The number of rotatable bonds is 6. The molecule has 0 spiro atoms. The first kappa shape index (κ1) is 18.7. The average molecular weight is 372 g/mol. The highest BCUT2D eigenvalue weighted by atomic mass is 32.1. The Hall–Kier alpha value is -2.11. The Morgan fingerprint density at radius 2 is 1.81 bits per heavy atom. The van der Waals surface area contributed by atoms with Gasteiger partial charge in [0.15, 0.2) is 0 Å². The molecule has 0 aliphatic heterocycles. The maximum atomic E-state index is 14.2. The van der Waals surface area contributed by atoms with Gasteiger partial charge >= 0.3 is 0 Å². The van der Waals surface area contributed by atoms with Crippen LogP contribution in [0.5, 0.6) is 0 Å². The van der Waals surface area contributed by atoms with E-state index in [4.69, 9.17) is 5.73 Å². The summed E-state index contributed by atoms with van der Waals surface area (Å²) in [4.78, 5) is 5.73. The first-order valence-corrected chi connectivity index (χ1v) is 9.37. The fraction of sp³-hybridized carbons (Fsp3) is 0.286. The molecule has 0 amide bonds. The zero-order chi connectivity index (χ0) is 18.7. The fourth-order valence-electron chi connectivity index (χ4n) is 2.74. The monoisotopic (exact) mass is 372 g/mol. The maximum absolute atomic E-state index is 14.2. The molecular formula is C21H22F2N2S. The van der Waals surface area contributed by atoms with E-state index >= 15 is 0 Å². The number of aromatic nitrogens is 1. The van der Waals surface area contributed by atoms with Crippen molar-refractivity contribution in [2.45, 2.75) is 26.7 Å². The lowest BCUT2D eigenvalue weighted by Crippen LogP contribution is -2.26. The van der Waals surface area contributed by atoms with E-state index in [1.165, 1.54) is 17.4 Å². The van der Waals surface area contributed by atoms with Crippen LogP contribution < -0.4 is 5.73 Å². The second-order valence-corrected chi connectivity index (χ2v) is 8.30. The molecule has 0 aliphatic carbocycles. The standard InChI is InChI=1S/C21H22F2N2S/c1-21(2,13-24)12-18-19(10-14-6-4-3-5-7-14)26-20(25-18)16-11-15(22)8-9-17(16)23/h3-9,11H,10,12-13,24H2,1-2H3. The SMILES string of the molecule is CC(C)(CN)Cc1nc(-c2cc(F)ccc2F)sc1Cc1ccccc1. The van der Waals surface area contributed by atoms with E-state index in [2.05, 4.69) is 31.0 Å². The van der Waals surface area contributed by atoms with Crippen LogP contribution in [-0.4, -0.2) is 11.5 Å². The summed E-state index contributed by atoms with van der Waals surface area (Å²) in [6.07, 6.45) is 1.41. The predicted octanol–water partition coefficient (Wildman–Crippen LogP) is 5.21. The number of hydrogen-bond donors (Lipinski definition) is 1. The summed E-state index contributed by atoms with van der Waals surface area (Å²) in [7, 11) is 0. The first-order chi connectivity index (χ1) is 12.4. The predicted molar refractivity (Wildman–Crippen MR) is 103 cm³/mol. The molecule has 5 heteroatoms. The van der Waals surface area contributed by atoms with Crippen molar-refractivity contribution >= 4 is 11.3 Å². The van der Waals surface area contributed by atoms with E-state index in [-0.39, 0.29) is 11.0 Å². The van der Waals surface area contributed by atoms with Gasteiger partial charge in [-0.05, 0) is 42.1 Å². The molecule has 3 aromatic rings. The van der Waals surface area contributed by atoms with Gasteiger partial charge in [0.25, 0.3) is 0 Å². The highest BCUT2D eigenvalue weighted by molar-refractivity contribution is 7.15. The van der Waals surface area contributed by atoms with E-state index < -0.39 is 11.6 Å². The average Bonchev–Trinajstić information content (AvgIpc) is 2.99. The van der Waals surface area contributed by atoms with Crippen LogP contribution in [0.2, 0.25) is 0 Å². The third kappa shape index (κ3) is 4.34. The molecule has 2 nitrogen and oxygen atoms in total. The normalized spacial score (nSPS) is 11.7. The largest absolute Gasteiger partial charge is 0.330 e. The van der Waals surface area contributed by atoms with Gasteiger partial charge in [-0.3, -0.25) is 0 Å². The lowest BCUT2D eigenvalue weighted by atomic mass is 9.87. The van der Waals surface area contributed by atoms with Gasteiger partial charge in [0, 0.05) is 16.9 Å². The molecule has 1 heterocycles. The summed E-state index contributed by atoms with van der Waals surface area (Å²) in [5.74, 6) is -0.930. The van der Waals surface area contributed by atoms with Crippen molar-refractivity contribution in [2.24, 2.45) is 11.1 Å². The number of hydrogen-bond acceptors (Lipinski definition) is 3. The van der Waals surface area contributed by atoms with E-state index in [1.807, 2.05) is 18.2 Å². The second-order valence-electron chi connectivity index (χ2n) is 7.22. The Labute approximate surface area is 156 Å². The number of nitrogens with zero attached hydrogens (tertiary/aromatic N) is 1. The number of thiazole rings is 1. The van der Waals surface area contributed by atoms with Gasteiger partial charge in [-0.1, -0.05) is 44.2 Å². The van der Waals surface area contributed by atoms with Crippen molar-refractivity contribution in [3.05, 3.63) is 76.3 Å². The minimum atomic E-state index is -0.468. The fourth-order valence-corrected chi connectivity index (χ4v) is 3.87. The number of nitrogens with two attached hydrogens (primary N) is 1. The van der Waals surface area contributed by atoms with Crippen molar-refractivity contribution < 1.29 is 8.78 Å². The van der Waals surface area contributed by atoms with Crippen LogP contribution in [0.1, 0.15) is 30.0 Å². The quantitative estimate of drug-likeness (QED) is 0.645. The van der Waals surface area contributed by atoms with E-state index in [0.717, 1.165) is 28.3 Å². The number of halogens is 2. The molecule has 136 valence electrons. The van der Waals surface area contributed by atoms with Crippen LogP contribution in [0.4, 0.5) is 8.78 Å². The van der Waals surface area contributed by atoms with Gasteiger partial charge in [-0.2, -0.15) is 0 Å². The van der Waals surface area contributed by atoms with Crippen LogP contribution >= 0.6 is 11.3 Å². The highest BCUT2D eigenvalue weighted by Gasteiger charge is 2.23. The second kappa shape index (κ2) is 7.64. The number of benzene rings is 2. The third-order valence-electron chi connectivity index (χ3n) is 4.34. The van der Waals surface area contributed by atoms with Crippen molar-refractivity contribution in [3.8, 4) is 10.6 Å². The van der Waals surface area contributed by atoms with E-state index in [1.54, 1.807) is 0 Å². The Morgan fingerprint density at radius 3 is 2.50 bits per heavy atom. The van der Waals surface area contributed by atoms with Gasteiger partial charge in [0.2, 0.25) is 0 Å². The Kier molecular flexibility index (Phi) is 5.49. The van der Waals surface area contributed by atoms with Crippen molar-refractivity contribution in [1.29, 1.82) is 0 Å². The summed E-state index contributed by atoms with van der Waals surface area (Å²) < 4.78 is 27.8. The Bertz CT molecular complexity index is 888. The van der Waals surface area contributed by atoms with Crippen LogP contribution in [0.15, 0.2) is 48.5 Å². The van der Waals surface area contributed by atoms with Crippen LogP contribution in [0, 0.1) is 17.0 Å². The van der Waals surface area contributed by atoms with E-state index in [0.29, 0.717) is 24.4 Å². The third-order valence-corrected chi connectivity index (χ3v) is 5.47. The molecular weight excluding hydrogens is 350 g/mol. The lowest BCUT2D eigenvalue weighted by Gasteiger charge is -2.21. The molecule has 26 heavy (non-hydrogen) atoms. The summed E-state index contributed by atoms with van der Waals surface area (Å²) in [5, 5.41) is 0.510. The lowest BCUT2D eigenvalue weighted by molar-refractivity contribution is 0.372. The minimum Gasteiger partial charge on any atom is -0.330 e. The van der Waals surface area contributed by atoms with Crippen LogP contribution in [0.25, 0.3) is 10.6 Å². The Morgan fingerprint density at radius 1 is 1.08 bits per heavy atom. The molecule has 0 atom stereocenters. The van der Waals surface area contributed by atoms with Crippen molar-refractivity contribution in [2.75, 3.05) is 6.54 Å². The topological polar surface area (TPSA) is 38.9 Å². The van der Waals surface area contributed by atoms with Gasteiger partial charge in [-0.25, -0.2) is 13.8 Å². The summed E-state index contributed by atoms with van der Waals surface area (Å²) >= 11 is 1.42. The molecule has 0 aliphatic rings. The summed E-state index contributed by atoms with van der Waals surface area (Å²) in [6.45, 7) is 4.70. The maximum Gasteiger partial charge on any atom is 0.133 e. The molecule has 0 fully saturated rings. The Balaban J connectivity index is 2.03. The van der Waals surface area contributed by atoms with Crippen molar-refractivity contribution in [1.82, 2.24) is 4.98 Å². The molecule has 3 rings (SSSR count). The molecule has 0 bridgehead atoms. The summed E-state index contributed by atoms with van der Waals surface area (Å²) in [5.41, 5.74) is 8.05. The molecule has 2 aromatic carbocycles. The zero-order valence-corrected chi connectivity index (χ0v) is 15.7. The van der Waals surface area contributed by atoms with Crippen molar-refractivity contribution in [3.63, 3.8) is 0 Å². The summed E-state index contributed by atoms with van der Waals surface area (Å²) in [6, 6.07) is 13.5. The van der Waals surface area contributed by atoms with Gasteiger partial charge in [-0.15, -0.1) is 11.3 Å². The molecule has 0 radical (unpaired) electrons. The van der Waals surface area contributed by atoms with E-state index in [9.17, 15) is 8.78 Å². The zero-order valence-electron chi connectivity index (χ0n) is 14.9. The van der Waals surface area contributed by atoms with Gasteiger partial charge in [0.05, 0.1) is 5.69 Å². The molecule has 0 saturated carbocycles. The molecule has 0 unspecified atom stereocenters. The van der Waals surface area contributed by atoms with Crippen LogP contribution in [-0.2, 0) is 12.8 Å². The minimum absolute atomic E-state index is 0.114. The highest BCUT2D eigenvalue weighted by Crippen LogP contribution is 2.34. The molecule has 1 aromatic heterocycles. The van der Waals surface area contributed by atoms with Crippen LogP contribution in [0.3, 0.4) is 0 Å². The molecule has 0 saturated heterocycles. The van der Waals surface area contributed by atoms with Gasteiger partial charge < -0.3 is 5.73 Å². The molecule has 2 N–H and O–H groups in total. The van der Waals surface area contributed by atoms with Gasteiger partial charge in [0.1, 0.15) is 16.6 Å². The smallest absolute Gasteiger partial charge is 0.133 e. The first-order valence-electron chi connectivity index (χ1n) is 8.56.